The van der Waals surface area contributed by atoms with Crippen LogP contribution in [-0.2, 0) is 4.79 Å². The van der Waals surface area contributed by atoms with E-state index in [1.54, 1.807) is 26.0 Å². The number of benzene rings is 1. The number of hydrogen-bond acceptors (Lipinski definition) is 5. The number of amides is 1. The molecule has 0 saturated carbocycles. The number of nitrogens with one attached hydrogen (secondary N) is 1. The third kappa shape index (κ3) is 3.15. The number of carbonyl (C=O) groups excluding carboxylic acids is 1. The Labute approximate surface area is 149 Å². The lowest BCUT2D eigenvalue weighted by atomic mass is 10.1. The number of aryl methyl sites for hydroxylation is 2. The van der Waals surface area contributed by atoms with Crippen molar-refractivity contribution in [3.8, 4) is 6.07 Å². The molecule has 0 spiro atoms. The SMILES string of the molecule is Cc1ccc2occ(/C=C/C(=O)Nc3oc(C)c(C)c3C#N)c(=O)c2c1. The van der Waals surface area contributed by atoms with Crippen LogP contribution in [0.4, 0.5) is 5.88 Å². The van der Waals surface area contributed by atoms with Gasteiger partial charge in [-0.3, -0.25) is 14.9 Å². The summed E-state index contributed by atoms with van der Waals surface area (Å²) in [6.45, 7) is 5.34. The average Bonchev–Trinajstić information content (AvgIpc) is 2.88. The molecule has 2 heterocycles. The second kappa shape index (κ2) is 6.73. The van der Waals surface area contributed by atoms with Crippen molar-refractivity contribution in [3.63, 3.8) is 0 Å². The van der Waals surface area contributed by atoms with Crippen LogP contribution < -0.4 is 10.7 Å². The molecule has 0 fully saturated rings. The van der Waals surface area contributed by atoms with E-state index >= 15 is 0 Å². The van der Waals surface area contributed by atoms with Gasteiger partial charge in [0, 0.05) is 11.6 Å². The highest BCUT2D eigenvalue weighted by Gasteiger charge is 2.15. The topological polar surface area (TPSA) is 96.2 Å². The highest BCUT2D eigenvalue weighted by molar-refractivity contribution is 6.02. The Morgan fingerprint density at radius 3 is 2.77 bits per heavy atom. The molecule has 2 aromatic heterocycles. The van der Waals surface area contributed by atoms with Gasteiger partial charge in [-0.25, -0.2) is 0 Å². The number of nitrogens with zero attached hydrogens (tertiary/aromatic N) is 1. The van der Waals surface area contributed by atoms with E-state index in [1.807, 2.05) is 19.1 Å². The van der Waals surface area contributed by atoms with Gasteiger partial charge in [0.05, 0.1) is 10.9 Å². The van der Waals surface area contributed by atoms with Gasteiger partial charge in [-0.15, -0.1) is 0 Å². The zero-order chi connectivity index (χ0) is 18.8. The van der Waals surface area contributed by atoms with Crippen molar-refractivity contribution in [1.29, 1.82) is 5.26 Å². The fourth-order valence-corrected chi connectivity index (χ4v) is 2.54. The maximum atomic E-state index is 12.5. The average molecular weight is 348 g/mol. The number of carbonyl (C=O) groups is 1. The van der Waals surface area contributed by atoms with E-state index in [9.17, 15) is 9.59 Å². The molecular formula is C20H16N2O4. The zero-order valence-electron chi connectivity index (χ0n) is 14.5. The molecule has 0 aliphatic carbocycles. The van der Waals surface area contributed by atoms with Crippen LogP contribution in [0, 0.1) is 32.1 Å². The van der Waals surface area contributed by atoms with Gasteiger partial charge in [0.25, 0.3) is 5.91 Å². The summed E-state index contributed by atoms with van der Waals surface area (Å²) < 4.78 is 10.8. The molecule has 3 aromatic rings. The molecule has 3 rings (SSSR count). The Kier molecular flexibility index (Phi) is 4.46. The summed E-state index contributed by atoms with van der Waals surface area (Å²) in [4.78, 5) is 24.6. The minimum absolute atomic E-state index is 0.0957. The van der Waals surface area contributed by atoms with Crippen molar-refractivity contribution in [3.05, 3.63) is 68.8 Å². The summed E-state index contributed by atoms with van der Waals surface area (Å²) >= 11 is 0. The van der Waals surface area contributed by atoms with Crippen LogP contribution in [-0.4, -0.2) is 5.91 Å². The number of furan rings is 1. The highest BCUT2D eigenvalue weighted by Crippen LogP contribution is 2.25. The molecule has 0 aliphatic heterocycles. The molecule has 0 saturated heterocycles. The lowest BCUT2D eigenvalue weighted by molar-refractivity contribution is -0.111. The summed E-state index contributed by atoms with van der Waals surface area (Å²) in [5.74, 6) is 0.142. The summed E-state index contributed by atoms with van der Waals surface area (Å²) in [5, 5.41) is 12.1. The van der Waals surface area contributed by atoms with Gasteiger partial charge >= 0.3 is 0 Å². The van der Waals surface area contributed by atoms with Gasteiger partial charge in [-0.2, -0.15) is 5.26 Å². The largest absolute Gasteiger partial charge is 0.463 e. The Hall–Kier alpha value is -3.59. The van der Waals surface area contributed by atoms with E-state index in [1.165, 1.54) is 18.4 Å². The third-order valence-corrected chi connectivity index (χ3v) is 4.10. The molecule has 0 unspecified atom stereocenters. The van der Waals surface area contributed by atoms with Crippen LogP contribution in [0.3, 0.4) is 0 Å². The molecule has 0 atom stereocenters. The normalized spacial score (nSPS) is 11.0. The van der Waals surface area contributed by atoms with Crippen LogP contribution in [0.15, 0.2) is 44.2 Å². The first kappa shape index (κ1) is 17.2. The van der Waals surface area contributed by atoms with Crippen molar-refractivity contribution in [1.82, 2.24) is 0 Å². The molecule has 130 valence electrons. The van der Waals surface area contributed by atoms with Crippen LogP contribution in [0.25, 0.3) is 17.0 Å². The van der Waals surface area contributed by atoms with Crippen molar-refractivity contribution >= 4 is 28.8 Å². The second-order valence-corrected chi connectivity index (χ2v) is 5.94. The number of hydrogen-bond donors (Lipinski definition) is 1. The van der Waals surface area contributed by atoms with Gasteiger partial charge < -0.3 is 8.83 Å². The maximum absolute atomic E-state index is 12.5. The van der Waals surface area contributed by atoms with Crippen molar-refractivity contribution in [2.75, 3.05) is 5.32 Å². The Morgan fingerprint density at radius 1 is 1.27 bits per heavy atom. The van der Waals surface area contributed by atoms with Crippen molar-refractivity contribution in [2.45, 2.75) is 20.8 Å². The standard InChI is InChI=1S/C20H16N2O4/c1-11-4-6-17-15(8-11)19(24)14(10-25-17)5-7-18(23)22-20-16(9-21)12(2)13(3)26-20/h4-8,10H,1-3H3,(H,22,23)/b7-5+. The quantitative estimate of drug-likeness (QED) is 0.726. The number of fused-ring (bicyclic) bond motifs is 1. The predicted octanol–water partition coefficient (Wildman–Crippen LogP) is 3.83. The van der Waals surface area contributed by atoms with Gasteiger partial charge in [0.2, 0.25) is 5.88 Å². The van der Waals surface area contributed by atoms with Crippen LogP contribution in [0.2, 0.25) is 0 Å². The fraction of sp³-hybridized carbons (Fsp3) is 0.150. The summed E-state index contributed by atoms with van der Waals surface area (Å²) in [5.41, 5.74) is 2.42. The van der Waals surface area contributed by atoms with Crippen LogP contribution >= 0.6 is 0 Å². The first-order valence-electron chi connectivity index (χ1n) is 7.92. The molecule has 1 amide bonds. The zero-order valence-corrected chi connectivity index (χ0v) is 14.5. The molecule has 0 aliphatic rings. The highest BCUT2D eigenvalue weighted by atomic mass is 16.4. The van der Waals surface area contributed by atoms with Crippen molar-refractivity contribution in [2.24, 2.45) is 0 Å². The van der Waals surface area contributed by atoms with Gasteiger partial charge in [-0.1, -0.05) is 11.6 Å². The Morgan fingerprint density at radius 2 is 2.04 bits per heavy atom. The van der Waals surface area contributed by atoms with E-state index in [0.717, 1.165) is 5.56 Å². The number of nitriles is 1. The minimum atomic E-state index is -0.515. The molecular weight excluding hydrogens is 332 g/mol. The minimum Gasteiger partial charge on any atom is -0.463 e. The molecule has 0 bridgehead atoms. The van der Waals surface area contributed by atoms with E-state index in [-0.39, 0.29) is 22.4 Å². The predicted molar refractivity (Wildman–Crippen MR) is 97.8 cm³/mol. The summed E-state index contributed by atoms with van der Waals surface area (Å²) in [6.07, 6.45) is 3.88. The molecule has 6 nitrogen and oxygen atoms in total. The van der Waals surface area contributed by atoms with E-state index < -0.39 is 5.91 Å². The van der Waals surface area contributed by atoms with Crippen LogP contribution in [0.5, 0.6) is 0 Å². The molecule has 1 aromatic carbocycles. The van der Waals surface area contributed by atoms with E-state index in [4.69, 9.17) is 14.1 Å². The second-order valence-electron chi connectivity index (χ2n) is 5.94. The molecule has 1 N–H and O–H groups in total. The lowest BCUT2D eigenvalue weighted by Gasteiger charge is -2.00. The molecule has 6 heteroatoms. The molecule has 26 heavy (non-hydrogen) atoms. The van der Waals surface area contributed by atoms with E-state index in [2.05, 4.69) is 5.32 Å². The monoisotopic (exact) mass is 348 g/mol. The Balaban J connectivity index is 1.86. The van der Waals surface area contributed by atoms with Crippen LogP contribution in [0.1, 0.15) is 28.0 Å². The fourth-order valence-electron chi connectivity index (χ4n) is 2.54. The Bertz CT molecular complexity index is 1140. The maximum Gasteiger partial charge on any atom is 0.250 e. The van der Waals surface area contributed by atoms with Crippen molar-refractivity contribution < 1.29 is 13.6 Å². The number of anilines is 1. The van der Waals surface area contributed by atoms with Gasteiger partial charge in [0.1, 0.15) is 29.2 Å². The van der Waals surface area contributed by atoms with Gasteiger partial charge in [-0.05, 0) is 39.0 Å². The summed E-state index contributed by atoms with van der Waals surface area (Å²) in [6, 6.07) is 7.33. The van der Waals surface area contributed by atoms with E-state index in [0.29, 0.717) is 22.3 Å². The molecule has 0 radical (unpaired) electrons. The first-order valence-corrected chi connectivity index (χ1v) is 7.92. The smallest absolute Gasteiger partial charge is 0.250 e. The lowest BCUT2D eigenvalue weighted by Crippen LogP contribution is -2.09. The van der Waals surface area contributed by atoms with Gasteiger partial charge in [0.15, 0.2) is 5.43 Å². The summed E-state index contributed by atoms with van der Waals surface area (Å²) in [7, 11) is 0. The number of rotatable bonds is 3. The third-order valence-electron chi connectivity index (χ3n) is 4.10. The first-order chi connectivity index (χ1) is 12.4.